The lowest BCUT2D eigenvalue weighted by Gasteiger charge is -2.04. The summed E-state index contributed by atoms with van der Waals surface area (Å²) in [5, 5.41) is 7.75. The number of hydrogen-bond acceptors (Lipinski definition) is 4. The first-order valence-electron chi connectivity index (χ1n) is 4.91. The Hall–Kier alpha value is -1.11. The Morgan fingerprint density at radius 1 is 1.28 bits per heavy atom. The molecule has 0 saturated carbocycles. The molecule has 18 heavy (non-hydrogen) atoms. The van der Waals surface area contributed by atoms with Gasteiger partial charge in [0.25, 0.3) is 14.2 Å². The number of benzene rings is 1. The van der Waals surface area contributed by atoms with E-state index in [-0.39, 0.29) is 5.16 Å². The molecule has 96 valence electrons. The zero-order valence-corrected chi connectivity index (χ0v) is 11.9. The van der Waals surface area contributed by atoms with Gasteiger partial charge in [-0.1, -0.05) is 11.6 Å². The van der Waals surface area contributed by atoms with Gasteiger partial charge in [-0.2, -0.15) is 0 Å². The van der Waals surface area contributed by atoms with Gasteiger partial charge in [0.15, 0.2) is 5.82 Å². The van der Waals surface area contributed by atoms with Crippen LogP contribution in [0.25, 0.3) is 11.4 Å². The zero-order valence-electron chi connectivity index (χ0n) is 9.55. The molecule has 0 aliphatic rings. The smallest absolute Gasteiger partial charge is 0.296 e. The van der Waals surface area contributed by atoms with E-state index < -0.39 is 9.05 Å². The SMILES string of the molecule is Cc1cc(-c2nnc(S(=O)(=O)Cl)n2C)ccc1Cl. The number of nitrogens with zero attached hydrogens (tertiary/aromatic N) is 3. The third-order valence-corrected chi connectivity index (χ3v) is 4.10. The van der Waals surface area contributed by atoms with Gasteiger partial charge in [0.2, 0.25) is 0 Å². The second-order valence-corrected chi connectivity index (χ2v) is 6.63. The van der Waals surface area contributed by atoms with Crippen molar-refractivity contribution in [1.29, 1.82) is 0 Å². The van der Waals surface area contributed by atoms with Crippen molar-refractivity contribution in [3.63, 3.8) is 0 Å². The van der Waals surface area contributed by atoms with Crippen molar-refractivity contribution in [2.75, 3.05) is 0 Å². The predicted octanol–water partition coefficient (Wildman–Crippen LogP) is 2.37. The maximum Gasteiger partial charge on any atom is 0.296 e. The molecular weight excluding hydrogens is 297 g/mol. The van der Waals surface area contributed by atoms with E-state index in [2.05, 4.69) is 10.2 Å². The predicted molar refractivity (Wildman–Crippen MR) is 69.2 cm³/mol. The third kappa shape index (κ3) is 2.36. The van der Waals surface area contributed by atoms with Gasteiger partial charge in [-0.05, 0) is 30.7 Å². The molecule has 0 atom stereocenters. The molecule has 0 radical (unpaired) electrons. The molecule has 8 heteroatoms. The fourth-order valence-corrected chi connectivity index (χ4v) is 2.63. The fourth-order valence-electron chi connectivity index (χ4n) is 1.56. The second-order valence-electron chi connectivity index (χ2n) is 3.77. The summed E-state index contributed by atoms with van der Waals surface area (Å²) in [4.78, 5) is 0. The van der Waals surface area contributed by atoms with Crippen molar-refractivity contribution < 1.29 is 8.42 Å². The minimum atomic E-state index is -3.90. The molecule has 0 fully saturated rings. The fraction of sp³-hybridized carbons (Fsp3) is 0.200. The van der Waals surface area contributed by atoms with Crippen molar-refractivity contribution in [2.24, 2.45) is 7.05 Å². The molecular formula is C10H9Cl2N3O2S. The average Bonchev–Trinajstić information content (AvgIpc) is 2.64. The van der Waals surface area contributed by atoms with E-state index in [1.54, 1.807) is 18.2 Å². The van der Waals surface area contributed by atoms with Gasteiger partial charge in [-0.15, -0.1) is 10.2 Å². The summed E-state index contributed by atoms with van der Waals surface area (Å²) in [7, 11) is 2.88. The minimum absolute atomic E-state index is 0.285. The molecule has 1 aromatic carbocycles. The highest BCUT2D eigenvalue weighted by molar-refractivity contribution is 8.13. The first kappa shape index (κ1) is 13.3. The van der Waals surface area contributed by atoms with Crippen LogP contribution in [0.4, 0.5) is 0 Å². The Morgan fingerprint density at radius 3 is 2.44 bits per heavy atom. The molecule has 1 aromatic heterocycles. The van der Waals surface area contributed by atoms with Gasteiger partial charge in [0.1, 0.15) is 0 Å². The number of rotatable bonds is 2. The van der Waals surface area contributed by atoms with E-state index in [1.807, 2.05) is 6.92 Å². The van der Waals surface area contributed by atoms with Crippen molar-refractivity contribution in [2.45, 2.75) is 12.1 Å². The zero-order chi connectivity index (χ0) is 13.5. The van der Waals surface area contributed by atoms with Crippen LogP contribution in [0.3, 0.4) is 0 Å². The van der Waals surface area contributed by atoms with Gasteiger partial charge < -0.3 is 0 Å². The molecule has 0 spiro atoms. The lowest BCUT2D eigenvalue weighted by Crippen LogP contribution is -2.02. The summed E-state index contributed by atoms with van der Waals surface area (Å²) >= 11 is 5.93. The molecule has 0 bridgehead atoms. The largest absolute Gasteiger partial charge is 0.300 e. The Bertz CT molecular complexity index is 710. The highest BCUT2D eigenvalue weighted by Crippen LogP contribution is 2.25. The normalized spacial score (nSPS) is 11.8. The third-order valence-electron chi connectivity index (χ3n) is 2.47. The molecule has 0 aliphatic heterocycles. The maximum atomic E-state index is 11.2. The van der Waals surface area contributed by atoms with E-state index in [9.17, 15) is 8.42 Å². The highest BCUT2D eigenvalue weighted by atomic mass is 35.7. The van der Waals surface area contributed by atoms with Crippen LogP contribution >= 0.6 is 22.3 Å². The van der Waals surface area contributed by atoms with Crippen LogP contribution in [-0.4, -0.2) is 23.2 Å². The number of aryl methyl sites for hydroxylation is 1. The van der Waals surface area contributed by atoms with E-state index in [1.165, 1.54) is 11.6 Å². The maximum absolute atomic E-state index is 11.2. The molecule has 0 saturated heterocycles. The van der Waals surface area contributed by atoms with Crippen LogP contribution < -0.4 is 0 Å². The molecule has 0 amide bonds. The van der Waals surface area contributed by atoms with Gasteiger partial charge in [0, 0.05) is 28.3 Å². The van der Waals surface area contributed by atoms with Crippen molar-refractivity contribution in [3.8, 4) is 11.4 Å². The standard InChI is InChI=1S/C10H9Cl2N3O2S/c1-6-5-7(3-4-8(6)11)9-13-14-10(15(9)2)18(12,16)17/h3-5H,1-2H3. The molecule has 0 unspecified atom stereocenters. The Balaban J connectivity index is 2.59. The molecule has 0 N–H and O–H groups in total. The average molecular weight is 306 g/mol. The monoisotopic (exact) mass is 305 g/mol. The van der Waals surface area contributed by atoms with Crippen LogP contribution in [0, 0.1) is 6.92 Å². The van der Waals surface area contributed by atoms with Gasteiger partial charge in [0.05, 0.1) is 0 Å². The summed E-state index contributed by atoms with van der Waals surface area (Å²) < 4.78 is 23.8. The molecule has 5 nitrogen and oxygen atoms in total. The van der Waals surface area contributed by atoms with Crippen LogP contribution in [0.2, 0.25) is 5.02 Å². The summed E-state index contributed by atoms with van der Waals surface area (Å²) in [6.07, 6.45) is 0. The lowest BCUT2D eigenvalue weighted by molar-refractivity contribution is 0.593. The van der Waals surface area contributed by atoms with Crippen molar-refractivity contribution in [3.05, 3.63) is 28.8 Å². The van der Waals surface area contributed by atoms with Crippen LogP contribution in [-0.2, 0) is 16.1 Å². The lowest BCUT2D eigenvalue weighted by atomic mass is 10.1. The first-order chi connectivity index (χ1) is 8.30. The van der Waals surface area contributed by atoms with Gasteiger partial charge >= 0.3 is 0 Å². The topological polar surface area (TPSA) is 64.8 Å². The van der Waals surface area contributed by atoms with E-state index in [0.29, 0.717) is 10.8 Å². The second kappa shape index (κ2) is 4.53. The molecule has 2 rings (SSSR count). The van der Waals surface area contributed by atoms with E-state index in [4.69, 9.17) is 22.3 Å². The van der Waals surface area contributed by atoms with Crippen LogP contribution in [0.1, 0.15) is 5.56 Å². The van der Waals surface area contributed by atoms with Gasteiger partial charge in [-0.3, -0.25) is 4.57 Å². The Morgan fingerprint density at radius 2 is 1.94 bits per heavy atom. The van der Waals surface area contributed by atoms with Crippen molar-refractivity contribution >= 4 is 31.3 Å². The first-order valence-corrected chi connectivity index (χ1v) is 7.60. The van der Waals surface area contributed by atoms with Gasteiger partial charge in [-0.25, -0.2) is 8.42 Å². The Labute approximate surface area is 114 Å². The number of halogens is 2. The Kier molecular flexibility index (Phi) is 3.35. The highest BCUT2D eigenvalue weighted by Gasteiger charge is 2.21. The van der Waals surface area contributed by atoms with E-state index in [0.717, 1.165) is 11.1 Å². The number of hydrogen-bond donors (Lipinski definition) is 0. The molecule has 0 aliphatic carbocycles. The van der Waals surface area contributed by atoms with Crippen LogP contribution in [0.5, 0.6) is 0 Å². The summed E-state index contributed by atoms with van der Waals surface area (Å²) in [6.45, 7) is 1.85. The quantitative estimate of drug-likeness (QED) is 0.799. The summed E-state index contributed by atoms with van der Waals surface area (Å²) in [6, 6.07) is 5.26. The summed E-state index contributed by atoms with van der Waals surface area (Å²) in [5.41, 5.74) is 1.59. The van der Waals surface area contributed by atoms with E-state index >= 15 is 0 Å². The molecule has 2 aromatic rings. The summed E-state index contributed by atoms with van der Waals surface area (Å²) in [5.74, 6) is 0.411. The molecule has 1 heterocycles. The van der Waals surface area contributed by atoms with Crippen LogP contribution in [0.15, 0.2) is 23.4 Å². The van der Waals surface area contributed by atoms with Crippen molar-refractivity contribution in [1.82, 2.24) is 14.8 Å². The minimum Gasteiger partial charge on any atom is -0.300 e. The number of aromatic nitrogens is 3.